The number of carbonyl (C=O) groups excluding carboxylic acids is 1. The normalized spacial score (nSPS) is 20.4. The Labute approximate surface area is 93.8 Å². The predicted octanol–water partition coefficient (Wildman–Crippen LogP) is 1.24. The maximum atomic E-state index is 12.1. The summed E-state index contributed by atoms with van der Waals surface area (Å²) in [5, 5.41) is 0. The van der Waals surface area contributed by atoms with Gasteiger partial charge in [-0.2, -0.15) is 0 Å². The molecule has 0 spiro atoms. The first kappa shape index (κ1) is 11.0. The smallest absolute Gasteiger partial charge is 0.243 e. The zero-order valence-corrected chi connectivity index (χ0v) is 9.18. The Morgan fingerprint density at radius 3 is 2.94 bits per heavy atom. The zero-order valence-electron chi connectivity index (χ0n) is 9.18. The van der Waals surface area contributed by atoms with E-state index in [9.17, 15) is 4.79 Å². The van der Waals surface area contributed by atoms with Crippen molar-refractivity contribution in [2.24, 2.45) is 0 Å². The zero-order chi connectivity index (χ0) is 11.4. The number of aromatic nitrogens is 2. The molecule has 1 aromatic rings. The van der Waals surface area contributed by atoms with Gasteiger partial charge in [-0.15, -0.1) is 0 Å². The average Bonchev–Trinajstić information content (AvgIpc) is 2.39. The van der Waals surface area contributed by atoms with E-state index >= 15 is 0 Å². The molecule has 1 aliphatic rings. The van der Waals surface area contributed by atoms with Gasteiger partial charge in [0.2, 0.25) is 11.7 Å². The summed E-state index contributed by atoms with van der Waals surface area (Å²) in [5.74, 6) is 0.131. The van der Waals surface area contributed by atoms with Crippen molar-refractivity contribution >= 4 is 5.78 Å². The molecule has 0 bridgehead atoms. The van der Waals surface area contributed by atoms with Gasteiger partial charge in [-0.3, -0.25) is 4.79 Å². The van der Waals surface area contributed by atoms with Crippen LogP contribution in [0.15, 0.2) is 12.4 Å². The second kappa shape index (κ2) is 5.03. The summed E-state index contributed by atoms with van der Waals surface area (Å²) in [6, 6.07) is 0. The van der Waals surface area contributed by atoms with E-state index in [1.54, 1.807) is 0 Å². The van der Waals surface area contributed by atoms with Gasteiger partial charge in [0.05, 0.1) is 7.11 Å². The molecule has 5 nitrogen and oxygen atoms in total. The van der Waals surface area contributed by atoms with Gasteiger partial charge < -0.3 is 9.47 Å². The van der Waals surface area contributed by atoms with Gasteiger partial charge in [0, 0.05) is 19.0 Å². The van der Waals surface area contributed by atoms with Gasteiger partial charge in [-0.05, 0) is 19.3 Å². The van der Waals surface area contributed by atoms with Crippen LogP contribution >= 0.6 is 0 Å². The fourth-order valence-corrected chi connectivity index (χ4v) is 1.74. The quantitative estimate of drug-likeness (QED) is 0.720. The van der Waals surface area contributed by atoms with Crippen molar-refractivity contribution < 1.29 is 14.3 Å². The summed E-state index contributed by atoms with van der Waals surface area (Å²) in [7, 11) is 1.47. The molecule has 2 rings (SSSR count). The van der Waals surface area contributed by atoms with Gasteiger partial charge in [0.15, 0.2) is 5.69 Å². The van der Waals surface area contributed by atoms with Crippen LogP contribution in [0.3, 0.4) is 0 Å². The van der Waals surface area contributed by atoms with E-state index in [0.717, 1.165) is 19.3 Å². The van der Waals surface area contributed by atoms with E-state index < -0.39 is 0 Å². The molecule has 86 valence electrons. The van der Waals surface area contributed by atoms with Crippen molar-refractivity contribution in [1.29, 1.82) is 0 Å². The molecule has 1 fully saturated rings. The number of carbonyl (C=O) groups is 1. The summed E-state index contributed by atoms with van der Waals surface area (Å²) in [6.45, 7) is 0.638. The lowest BCUT2D eigenvalue weighted by molar-refractivity contribution is 0.0180. The second-order valence-corrected chi connectivity index (χ2v) is 3.63. The average molecular weight is 222 g/mol. The number of ketones is 1. The molecule has 0 amide bonds. The highest BCUT2D eigenvalue weighted by atomic mass is 16.5. The molecule has 1 aliphatic heterocycles. The molecule has 2 heterocycles. The van der Waals surface area contributed by atoms with Crippen LogP contribution in [0.1, 0.15) is 29.8 Å². The van der Waals surface area contributed by atoms with E-state index in [2.05, 4.69) is 9.97 Å². The fraction of sp³-hybridized carbons (Fsp3) is 0.545. The summed E-state index contributed by atoms with van der Waals surface area (Å²) in [4.78, 5) is 20.0. The van der Waals surface area contributed by atoms with E-state index in [4.69, 9.17) is 9.47 Å². The third-order valence-corrected chi connectivity index (χ3v) is 2.56. The first-order chi connectivity index (χ1) is 7.83. The van der Waals surface area contributed by atoms with Crippen LogP contribution in [0, 0.1) is 0 Å². The van der Waals surface area contributed by atoms with Crippen LogP contribution in [0.25, 0.3) is 0 Å². The summed E-state index contributed by atoms with van der Waals surface area (Å²) >= 11 is 0. The number of rotatable bonds is 3. The lowest BCUT2D eigenvalue weighted by Gasteiger charge is -2.21. The van der Waals surface area contributed by atoms with Gasteiger partial charge in [0.25, 0.3) is 0 Å². The van der Waals surface area contributed by atoms with E-state index in [1.165, 1.54) is 19.5 Å². The molecule has 1 atom stereocenters. The monoisotopic (exact) mass is 222 g/mol. The number of nitrogens with zero attached hydrogens (tertiary/aromatic N) is 2. The molecule has 0 aromatic carbocycles. The molecular formula is C11H14N2O3. The molecule has 16 heavy (non-hydrogen) atoms. The highest BCUT2D eigenvalue weighted by Gasteiger charge is 2.27. The Morgan fingerprint density at radius 1 is 1.44 bits per heavy atom. The Hall–Kier alpha value is -1.49. The molecule has 0 saturated carbocycles. The van der Waals surface area contributed by atoms with Crippen LogP contribution < -0.4 is 4.74 Å². The van der Waals surface area contributed by atoms with Crippen LogP contribution in [0.4, 0.5) is 0 Å². The summed E-state index contributed by atoms with van der Waals surface area (Å²) < 4.78 is 10.4. The van der Waals surface area contributed by atoms with Crippen molar-refractivity contribution in [3.8, 4) is 5.88 Å². The number of hydrogen-bond donors (Lipinski definition) is 0. The number of methoxy groups -OCH3 is 1. The van der Waals surface area contributed by atoms with Gasteiger partial charge >= 0.3 is 0 Å². The molecule has 0 N–H and O–H groups in total. The van der Waals surface area contributed by atoms with Gasteiger partial charge in [-0.25, -0.2) is 9.97 Å². The van der Waals surface area contributed by atoms with Crippen LogP contribution in [0.5, 0.6) is 5.88 Å². The Morgan fingerprint density at radius 2 is 2.25 bits per heavy atom. The SMILES string of the molecule is COc1nccnc1C(=O)C1CCCCO1. The molecule has 1 aromatic heterocycles. The molecule has 0 aliphatic carbocycles. The topological polar surface area (TPSA) is 61.3 Å². The van der Waals surface area contributed by atoms with Crippen LogP contribution in [0.2, 0.25) is 0 Å². The molecule has 1 unspecified atom stereocenters. The lowest BCUT2D eigenvalue weighted by atomic mass is 10.0. The minimum absolute atomic E-state index is 0.135. The lowest BCUT2D eigenvalue weighted by Crippen LogP contribution is -2.29. The Bertz CT molecular complexity index is 375. The second-order valence-electron chi connectivity index (χ2n) is 3.63. The van der Waals surface area contributed by atoms with Gasteiger partial charge in [0.1, 0.15) is 6.10 Å². The first-order valence-electron chi connectivity index (χ1n) is 5.33. The van der Waals surface area contributed by atoms with Crippen molar-refractivity contribution in [2.45, 2.75) is 25.4 Å². The highest BCUT2D eigenvalue weighted by molar-refractivity contribution is 5.99. The summed E-state index contributed by atoms with van der Waals surface area (Å²) in [6.07, 6.45) is 5.37. The van der Waals surface area contributed by atoms with E-state index in [0.29, 0.717) is 6.61 Å². The largest absolute Gasteiger partial charge is 0.479 e. The fourth-order valence-electron chi connectivity index (χ4n) is 1.74. The Kier molecular flexibility index (Phi) is 3.46. The minimum atomic E-state index is -0.389. The highest BCUT2D eigenvalue weighted by Crippen LogP contribution is 2.20. The van der Waals surface area contributed by atoms with Crippen molar-refractivity contribution in [2.75, 3.05) is 13.7 Å². The molecular weight excluding hydrogens is 208 g/mol. The van der Waals surface area contributed by atoms with Crippen LogP contribution in [-0.4, -0.2) is 35.6 Å². The van der Waals surface area contributed by atoms with E-state index in [1.807, 2.05) is 0 Å². The van der Waals surface area contributed by atoms with Crippen molar-refractivity contribution in [3.05, 3.63) is 18.1 Å². The maximum Gasteiger partial charge on any atom is 0.243 e. The number of hydrogen-bond acceptors (Lipinski definition) is 5. The van der Waals surface area contributed by atoms with Crippen molar-refractivity contribution in [3.63, 3.8) is 0 Å². The molecule has 0 radical (unpaired) electrons. The maximum absolute atomic E-state index is 12.1. The van der Waals surface area contributed by atoms with E-state index in [-0.39, 0.29) is 23.5 Å². The van der Waals surface area contributed by atoms with Crippen molar-refractivity contribution in [1.82, 2.24) is 9.97 Å². The Balaban J connectivity index is 2.19. The third-order valence-electron chi connectivity index (χ3n) is 2.56. The summed E-state index contributed by atoms with van der Waals surface area (Å²) in [5.41, 5.74) is 0.261. The number of Topliss-reactive ketones (excluding diaryl/α,β-unsaturated/α-hetero) is 1. The first-order valence-corrected chi connectivity index (χ1v) is 5.33. The third kappa shape index (κ3) is 2.19. The van der Waals surface area contributed by atoms with Gasteiger partial charge in [-0.1, -0.05) is 0 Å². The molecule has 1 saturated heterocycles. The minimum Gasteiger partial charge on any atom is -0.479 e. The van der Waals surface area contributed by atoms with Crippen LogP contribution in [-0.2, 0) is 4.74 Å². The molecule has 5 heteroatoms. The predicted molar refractivity (Wildman–Crippen MR) is 56.5 cm³/mol. The number of ether oxygens (including phenoxy) is 2. The standard InChI is InChI=1S/C11H14N2O3/c1-15-11-9(12-5-6-13-11)10(14)8-4-2-3-7-16-8/h5-6,8H,2-4,7H2,1H3.